The van der Waals surface area contributed by atoms with Gasteiger partial charge in [0.25, 0.3) is 5.91 Å². The van der Waals surface area contributed by atoms with Crippen LogP contribution in [0.15, 0.2) is 12.1 Å². The molecule has 0 aliphatic heterocycles. The molecule has 100 valence electrons. The maximum atomic E-state index is 13.6. The van der Waals surface area contributed by atoms with Crippen LogP contribution in [0.25, 0.3) is 0 Å². The van der Waals surface area contributed by atoms with Crippen molar-refractivity contribution in [2.24, 2.45) is 5.92 Å². The Morgan fingerprint density at radius 3 is 2.58 bits per heavy atom. The van der Waals surface area contributed by atoms with Crippen molar-refractivity contribution < 1.29 is 18.3 Å². The molecule has 1 amide bonds. The molecule has 0 heterocycles. The SMILES string of the molecule is C#CCOc1c(F)cc(C(=O)NCC2CC2)cc1F. The van der Waals surface area contributed by atoms with E-state index in [9.17, 15) is 13.6 Å². The lowest BCUT2D eigenvalue weighted by Crippen LogP contribution is -2.25. The van der Waals surface area contributed by atoms with Gasteiger partial charge in [-0.05, 0) is 30.9 Å². The molecule has 2 rings (SSSR count). The molecule has 1 saturated carbocycles. The Bertz CT molecular complexity index is 510. The van der Waals surface area contributed by atoms with E-state index in [1.165, 1.54) is 0 Å². The van der Waals surface area contributed by atoms with Crippen LogP contribution >= 0.6 is 0 Å². The van der Waals surface area contributed by atoms with Gasteiger partial charge < -0.3 is 10.1 Å². The van der Waals surface area contributed by atoms with Crippen LogP contribution in [0.3, 0.4) is 0 Å². The van der Waals surface area contributed by atoms with E-state index in [2.05, 4.69) is 11.2 Å². The second kappa shape index (κ2) is 5.70. The smallest absolute Gasteiger partial charge is 0.251 e. The molecule has 0 unspecified atom stereocenters. The molecule has 19 heavy (non-hydrogen) atoms. The lowest BCUT2D eigenvalue weighted by atomic mass is 10.2. The van der Waals surface area contributed by atoms with E-state index in [0.29, 0.717) is 12.5 Å². The van der Waals surface area contributed by atoms with Gasteiger partial charge in [0.15, 0.2) is 17.4 Å². The fraction of sp³-hybridized carbons (Fsp3) is 0.357. The zero-order valence-electron chi connectivity index (χ0n) is 10.2. The summed E-state index contributed by atoms with van der Waals surface area (Å²) in [5.41, 5.74) is -0.0660. The Morgan fingerprint density at radius 2 is 2.05 bits per heavy atom. The van der Waals surface area contributed by atoms with Crippen molar-refractivity contribution in [3.63, 3.8) is 0 Å². The summed E-state index contributed by atoms with van der Waals surface area (Å²) in [5, 5.41) is 2.63. The number of ether oxygens (including phenoxy) is 1. The van der Waals surface area contributed by atoms with E-state index in [4.69, 9.17) is 11.2 Å². The summed E-state index contributed by atoms with van der Waals surface area (Å²) >= 11 is 0. The highest BCUT2D eigenvalue weighted by Gasteiger charge is 2.22. The monoisotopic (exact) mass is 265 g/mol. The van der Waals surface area contributed by atoms with Crippen molar-refractivity contribution >= 4 is 5.91 Å². The number of nitrogens with one attached hydrogen (secondary N) is 1. The lowest BCUT2D eigenvalue weighted by Gasteiger charge is -2.08. The Hall–Kier alpha value is -2.09. The summed E-state index contributed by atoms with van der Waals surface area (Å²) in [4.78, 5) is 11.7. The van der Waals surface area contributed by atoms with Crippen LogP contribution in [-0.4, -0.2) is 19.1 Å². The summed E-state index contributed by atoms with van der Waals surface area (Å²) in [7, 11) is 0. The number of rotatable bonds is 5. The van der Waals surface area contributed by atoms with E-state index in [1.807, 2.05) is 0 Å². The quantitative estimate of drug-likeness (QED) is 0.828. The molecule has 1 aliphatic rings. The molecule has 1 N–H and O–H groups in total. The van der Waals surface area contributed by atoms with Gasteiger partial charge in [-0.15, -0.1) is 6.42 Å². The van der Waals surface area contributed by atoms with Crippen LogP contribution in [0.2, 0.25) is 0 Å². The molecule has 1 aromatic carbocycles. The molecule has 1 aromatic rings. The fourth-order valence-electron chi connectivity index (χ4n) is 1.60. The molecular formula is C14H13F2NO2. The van der Waals surface area contributed by atoms with Crippen molar-refractivity contribution in [1.82, 2.24) is 5.32 Å². The third-order valence-corrected chi connectivity index (χ3v) is 2.81. The van der Waals surface area contributed by atoms with Gasteiger partial charge in [-0.1, -0.05) is 5.92 Å². The van der Waals surface area contributed by atoms with Crippen molar-refractivity contribution in [2.45, 2.75) is 12.8 Å². The normalized spacial score (nSPS) is 13.7. The number of hydrogen-bond acceptors (Lipinski definition) is 2. The predicted octanol–water partition coefficient (Wildman–Crippen LogP) is 2.12. The maximum Gasteiger partial charge on any atom is 0.251 e. The van der Waals surface area contributed by atoms with Crippen molar-refractivity contribution in [3.05, 3.63) is 29.3 Å². The van der Waals surface area contributed by atoms with Crippen LogP contribution < -0.4 is 10.1 Å². The van der Waals surface area contributed by atoms with Gasteiger partial charge in [-0.2, -0.15) is 0 Å². The minimum absolute atomic E-state index is 0.0660. The number of halogens is 2. The number of benzene rings is 1. The molecule has 0 saturated heterocycles. The third-order valence-electron chi connectivity index (χ3n) is 2.81. The number of amides is 1. The molecule has 5 heteroatoms. The lowest BCUT2D eigenvalue weighted by molar-refractivity contribution is 0.0950. The Morgan fingerprint density at radius 1 is 1.42 bits per heavy atom. The molecule has 0 atom stereocenters. The van der Waals surface area contributed by atoms with Crippen molar-refractivity contribution in [3.8, 4) is 18.1 Å². The molecular weight excluding hydrogens is 252 g/mol. The number of carbonyl (C=O) groups excluding carboxylic acids is 1. The Balaban J connectivity index is 2.09. The van der Waals surface area contributed by atoms with Gasteiger partial charge >= 0.3 is 0 Å². The zero-order valence-corrected chi connectivity index (χ0v) is 10.2. The van der Waals surface area contributed by atoms with E-state index in [1.54, 1.807) is 0 Å². The van der Waals surface area contributed by atoms with Gasteiger partial charge in [0, 0.05) is 12.1 Å². The fourth-order valence-corrected chi connectivity index (χ4v) is 1.60. The van der Waals surface area contributed by atoms with Gasteiger partial charge in [-0.3, -0.25) is 4.79 Å². The topological polar surface area (TPSA) is 38.3 Å². The van der Waals surface area contributed by atoms with Gasteiger partial charge in [-0.25, -0.2) is 8.78 Å². The van der Waals surface area contributed by atoms with E-state index in [0.717, 1.165) is 25.0 Å². The zero-order chi connectivity index (χ0) is 13.8. The highest BCUT2D eigenvalue weighted by atomic mass is 19.1. The van der Waals surface area contributed by atoms with Crippen LogP contribution in [0.1, 0.15) is 23.2 Å². The minimum atomic E-state index is -0.938. The number of carbonyl (C=O) groups is 1. The first-order chi connectivity index (χ1) is 9.11. The molecule has 0 aromatic heterocycles. The summed E-state index contributed by atoms with van der Waals surface area (Å²) in [6.45, 7) is 0.304. The number of hydrogen-bond donors (Lipinski definition) is 1. The average molecular weight is 265 g/mol. The van der Waals surface area contributed by atoms with Crippen molar-refractivity contribution in [1.29, 1.82) is 0 Å². The van der Waals surface area contributed by atoms with Crippen molar-refractivity contribution in [2.75, 3.05) is 13.2 Å². The first-order valence-corrected chi connectivity index (χ1v) is 5.95. The van der Waals surface area contributed by atoms with E-state index < -0.39 is 23.3 Å². The second-order valence-electron chi connectivity index (χ2n) is 4.42. The van der Waals surface area contributed by atoms with E-state index >= 15 is 0 Å². The maximum absolute atomic E-state index is 13.6. The Labute approximate surface area is 110 Å². The molecule has 1 aliphatic carbocycles. The molecule has 0 bridgehead atoms. The van der Waals surface area contributed by atoms with Gasteiger partial charge in [0.05, 0.1) is 0 Å². The van der Waals surface area contributed by atoms with Crippen LogP contribution in [0, 0.1) is 29.9 Å². The van der Waals surface area contributed by atoms with Gasteiger partial charge in [0.2, 0.25) is 0 Å². The third kappa shape index (κ3) is 3.44. The number of terminal acetylenes is 1. The summed E-state index contributed by atoms with van der Waals surface area (Å²) in [6, 6.07) is 1.88. The average Bonchev–Trinajstić information content (AvgIpc) is 3.19. The highest BCUT2D eigenvalue weighted by Crippen LogP contribution is 2.28. The standard InChI is InChI=1S/C14H13F2NO2/c1-2-5-19-13-11(15)6-10(7-12(13)16)14(18)17-8-9-3-4-9/h1,6-7,9H,3-5,8H2,(H,17,18). The van der Waals surface area contributed by atoms with Crippen LogP contribution in [0.4, 0.5) is 8.78 Å². The van der Waals surface area contributed by atoms with Crippen LogP contribution in [-0.2, 0) is 0 Å². The first kappa shape index (κ1) is 13.3. The summed E-state index contributed by atoms with van der Waals surface area (Å²) in [6.07, 6.45) is 7.11. The first-order valence-electron chi connectivity index (χ1n) is 5.95. The predicted molar refractivity (Wildman–Crippen MR) is 65.7 cm³/mol. The Kier molecular flexibility index (Phi) is 4.00. The van der Waals surface area contributed by atoms with E-state index in [-0.39, 0.29) is 12.2 Å². The minimum Gasteiger partial charge on any atom is -0.475 e. The molecule has 0 radical (unpaired) electrons. The molecule has 1 fully saturated rings. The van der Waals surface area contributed by atoms with Gasteiger partial charge in [0.1, 0.15) is 6.61 Å². The largest absolute Gasteiger partial charge is 0.475 e. The molecule has 3 nitrogen and oxygen atoms in total. The van der Waals surface area contributed by atoms with Crippen LogP contribution in [0.5, 0.6) is 5.75 Å². The molecule has 0 spiro atoms. The summed E-state index contributed by atoms with van der Waals surface area (Å²) < 4.78 is 31.9. The summed E-state index contributed by atoms with van der Waals surface area (Å²) in [5.74, 6) is -0.317. The highest BCUT2D eigenvalue weighted by molar-refractivity contribution is 5.94. The second-order valence-corrected chi connectivity index (χ2v) is 4.42.